The standard InChI is InChI=1S/C9H8ClN3O2/c10-8-2-1-7(15-8)9(14)11-5-6-3-4-12-13-6/h1-4H,5H2,(H,11,14)(H,12,13). The fourth-order valence-electron chi connectivity index (χ4n) is 1.08. The van der Waals surface area contributed by atoms with Crippen molar-refractivity contribution in [2.45, 2.75) is 6.54 Å². The largest absolute Gasteiger partial charge is 0.440 e. The van der Waals surface area contributed by atoms with Gasteiger partial charge in [0, 0.05) is 6.20 Å². The molecule has 0 aliphatic heterocycles. The topological polar surface area (TPSA) is 70.9 Å². The Labute approximate surface area is 90.4 Å². The van der Waals surface area contributed by atoms with Crippen LogP contribution in [0.1, 0.15) is 16.2 Å². The van der Waals surface area contributed by atoms with E-state index in [1.165, 1.54) is 12.1 Å². The Morgan fingerprint density at radius 2 is 2.40 bits per heavy atom. The molecule has 2 heterocycles. The number of halogens is 1. The van der Waals surface area contributed by atoms with Crippen molar-refractivity contribution in [1.82, 2.24) is 15.5 Å². The predicted octanol–water partition coefficient (Wildman–Crippen LogP) is 1.59. The summed E-state index contributed by atoms with van der Waals surface area (Å²) in [6.07, 6.45) is 1.62. The van der Waals surface area contributed by atoms with Gasteiger partial charge >= 0.3 is 0 Å². The minimum atomic E-state index is -0.309. The summed E-state index contributed by atoms with van der Waals surface area (Å²) in [6.45, 7) is 0.372. The van der Waals surface area contributed by atoms with E-state index in [0.29, 0.717) is 6.54 Å². The summed E-state index contributed by atoms with van der Waals surface area (Å²) in [5.41, 5.74) is 0.820. The van der Waals surface area contributed by atoms with Gasteiger partial charge in [-0.25, -0.2) is 0 Å². The van der Waals surface area contributed by atoms with Crippen LogP contribution in [-0.4, -0.2) is 16.1 Å². The fourth-order valence-corrected chi connectivity index (χ4v) is 1.23. The molecule has 0 radical (unpaired) electrons. The lowest BCUT2D eigenvalue weighted by Crippen LogP contribution is -2.22. The van der Waals surface area contributed by atoms with E-state index in [1.54, 1.807) is 12.3 Å². The molecule has 0 saturated heterocycles. The number of furan rings is 1. The van der Waals surface area contributed by atoms with E-state index in [2.05, 4.69) is 15.5 Å². The Morgan fingerprint density at radius 3 is 3.00 bits per heavy atom. The number of aromatic nitrogens is 2. The zero-order valence-corrected chi connectivity index (χ0v) is 8.41. The third-order valence-electron chi connectivity index (χ3n) is 1.79. The summed E-state index contributed by atoms with van der Waals surface area (Å²) in [6, 6.07) is 4.81. The molecule has 0 aromatic carbocycles. The molecule has 6 heteroatoms. The Morgan fingerprint density at radius 1 is 1.53 bits per heavy atom. The molecule has 0 bridgehead atoms. The van der Waals surface area contributed by atoms with Crippen LogP contribution in [0.4, 0.5) is 0 Å². The van der Waals surface area contributed by atoms with Gasteiger partial charge in [0.25, 0.3) is 5.91 Å². The van der Waals surface area contributed by atoms with Crippen LogP contribution in [0.3, 0.4) is 0 Å². The molecule has 0 atom stereocenters. The molecule has 2 aromatic heterocycles. The molecule has 0 spiro atoms. The summed E-state index contributed by atoms with van der Waals surface area (Å²) in [7, 11) is 0. The fraction of sp³-hybridized carbons (Fsp3) is 0.111. The van der Waals surface area contributed by atoms with Crippen molar-refractivity contribution in [2.75, 3.05) is 0 Å². The average Bonchev–Trinajstić information content (AvgIpc) is 2.84. The van der Waals surface area contributed by atoms with Gasteiger partial charge in [-0.1, -0.05) is 0 Å². The van der Waals surface area contributed by atoms with Crippen LogP contribution < -0.4 is 5.32 Å². The Kier molecular flexibility index (Phi) is 2.73. The highest BCUT2D eigenvalue weighted by Crippen LogP contribution is 2.12. The van der Waals surface area contributed by atoms with Gasteiger partial charge in [-0.15, -0.1) is 0 Å². The highest BCUT2D eigenvalue weighted by Gasteiger charge is 2.09. The second-order valence-corrected chi connectivity index (χ2v) is 3.24. The van der Waals surface area contributed by atoms with Gasteiger partial charge in [0.05, 0.1) is 12.2 Å². The Balaban J connectivity index is 1.93. The van der Waals surface area contributed by atoms with E-state index in [0.717, 1.165) is 5.69 Å². The predicted molar refractivity (Wildman–Crippen MR) is 53.5 cm³/mol. The maximum atomic E-state index is 11.5. The maximum absolute atomic E-state index is 11.5. The van der Waals surface area contributed by atoms with Gasteiger partial charge in [-0.3, -0.25) is 9.89 Å². The molecular weight excluding hydrogens is 218 g/mol. The van der Waals surface area contributed by atoms with Gasteiger partial charge < -0.3 is 9.73 Å². The number of aromatic amines is 1. The van der Waals surface area contributed by atoms with E-state index in [-0.39, 0.29) is 16.9 Å². The van der Waals surface area contributed by atoms with E-state index >= 15 is 0 Å². The highest BCUT2D eigenvalue weighted by molar-refractivity contribution is 6.29. The lowest BCUT2D eigenvalue weighted by molar-refractivity contribution is 0.0923. The van der Waals surface area contributed by atoms with E-state index in [4.69, 9.17) is 16.0 Å². The van der Waals surface area contributed by atoms with Crippen molar-refractivity contribution < 1.29 is 9.21 Å². The van der Waals surface area contributed by atoms with Crippen molar-refractivity contribution in [3.8, 4) is 0 Å². The molecule has 1 amide bonds. The van der Waals surface area contributed by atoms with Crippen molar-refractivity contribution in [1.29, 1.82) is 0 Å². The van der Waals surface area contributed by atoms with Crippen LogP contribution in [0, 0.1) is 0 Å². The van der Waals surface area contributed by atoms with Crippen LogP contribution in [-0.2, 0) is 6.54 Å². The summed E-state index contributed by atoms with van der Waals surface area (Å²) in [4.78, 5) is 11.5. The molecule has 78 valence electrons. The Hall–Kier alpha value is -1.75. The van der Waals surface area contributed by atoms with Crippen LogP contribution >= 0.6 is 11.6 Å². The van der Waals surface area contributed by atoms with Crippen LogP contribution in [0.15, 0.2) is 28.8 Å². The second-order valence-electron chi connectivity index (χ2n) is 2.87. The third kappa shape index (κ3) is 2.38. The molecule has 0 aliphatic rings. The van der Waals surface area contributed by atoms with Crippen molar-refractivity contribution >= 4 is 17.5 Å². The molecule has 0 fully saturated rings. The molecule has 2 rings (SSSR count). The molecule has 0 aliphatic carbocycles. The van der Waals surface area contributed by atoms with Crippen molar-refractivity contribution in [3.63, 3.8) is 0 Å². The van der Waals surface area contributed by atoms with Gasteiger partial charge in [-0.2, -0.15) is 5.10 Å². The molecular formula is C9H8ClN3O2. The molecule has 15 heavy (non-hydrogen) atoms. The molecule has 0 unspecified atom stereocenters. The third-order valence-corrected chi connectivity index (χ3v) is 2.00. The summed E-state index contributed by atoms with van der Waals surface area (Å²) < 4.78 is 4.94. The van der Waals surface area contributed by atoms with E-state index < -0.39 is 0 Å². The first-order valence-corrected chi connectivity index (χ1v) is 4.65. The number of hydrogen-bond donors (Lipinski definition) is 2. The zero-order chi connectivity index (χ0) is 10.7. The van der Waals surface area contributed by atoms with Gasteiger partial charge in [-0.05, 0) is 29.8 Å². The molecule has 2 N–H and O–H groups in total. The number of H-pyrrole nitrogens is 1. The second kappa shape index (κ2) is 4.18. The van der Waals surface area contributed by atoms with Crippen molar-refractivity contribution in [3.05, 3.63) is 41.1 Å². The number of nitrogens with one attached hydrogen (secondary N) is 2. The Bertz CT molecular complexity index is 450. The smallest absolute Gasteiger partial charge is 0.287 e. The van der Waals surface area contributed by atoms with Crippen LogP contribution in [0.25, 0.3) is 0 Å². The number of carbonyl (C=O) groups excluding carboxylic acids is 1. The molecule has 0 saturated carbocycles. The van der Waals surface area contributed by atoms with Crippen molar-refractivity contribution in [2.24, 2.45) is 0 Å². The maximum Gasteiger partial charge on any atom is 0.287 e. The first-order valence-electron chi connectivity index (χ1n) is 4.27. The summed E-state index contributed by atoms with van der Waals surface area (Å²) >= 11 is 5.54. The average molecular weight is 226 g/mol. The minimum Gasteiger partial charge on any atom is -0.440 e. The molecule has 5 nitrogen and oxygen atoms in total. The van der Waals surface area contributed by atoms with Crippen LogP contribution in [0.5, 0.6) is 0 Å². The number of hydrogen-bond acceptors (Lipinski definition) is 3. The van der Waals surface area contributed by atoms with E-state index in [9.17, 15) is 4.79 Å². The zero-order valence-electron chi connectivity index (χ0n) is 7.66. The normalized spacial score (nSPS) is 10.2. The highest BCUT2D eigenvalue weighted by atomic mass is 35.5. The van der Waals surface area contributed by atoms with Gasteiger partial charge in [0.15, 0.2) is 11.0 Å². The quantitative estimate of drug-likeness (QED) is 0.833. The molecule has 2 aromatic rings. The first-order chi connectivity index (χ1) is 7.25. The summed E-state index contributed by atoms with van der Waals surface area (Å²) in [5.74, 6) is -0.115. The van der Waals surface area contributed by atoms with Gasteiger partial charge in [0.1, 0.15) is 0 Å². The number of nitrogens with zero attached hydrogens (tertiary/aromatic N) is 1. The van der Waals surface area contributed by atoms with Crippen LogP contribution in [0.2, 0.25) is 5.22 Å². The van der Waals surface area contributed by atoms with Gasteiger partial charge in [0.2, 0.25) is 0 Å². The minimum absolute atomic E-state index is 0.194. The first kappa shape index (κ1) is 9.79. The van der Waals surface area contributed by atoms with E-state index in [1.807, 2.05) is 0 Å². The summed E-state index contributed by atoms with van der Waals surface area (Å²) in [5, 5.41) is 9.33. The lowest BCUT2D eigenvalue weighted by Gasteiger charge is -1.99. The number of amides is 1. The number of rotatable bonds is 3. The SMILES string of the molecule is O=C(NCc1ccn[nH]1)c1ccc(Cl)o1. The lowest BCUT2D eigenvalue weighted by atomic mass is 10.4. The monoisotopic (exact) mass is 225 g/mol. The number of carbonyl (C=O) groups is 1.